The van der Waals surface area contributed by atoms with E-state index in [0.717, 1.165) is 6.07 Å². The molecule has 0 atom stereocenters. The van der Waals surface area contributed by atoms with E-state index < -0.39 is 17.9 Å². The molecular formula is C7H5F3IN. The number of rotatable bonds is 1. The maximum absolute atomic E-state index is 12.8. The minimum absolute atomic E-state index is 0.289. The molecule has 0 N–H and O–H groups in total. The maximum Gasteiger partial charge on any atom is 0.280 e. The zero-order valence-electron chi connectivity index (χ0n) is 6.11. The molecule has 1 aromatic heterocycles. The third-order valence-corrected chi connectivity index (χ3v) is 2.62. The summed E-state index contributed by atoms with van der Waals surface area (Å²) in [6.07, 6.45) is -2.71. The fourth-order valence-corrected chi connectivity index (χ4v) is 1.03. The lowest BCUT2D eigenvalue weighted by Gasteiger charge is -2.03. The van der Waals surface area contributed by atoms with Crippen LogP contribution in [0.2, 0.25) is 0 Å². The summed E-state index contributed by atoms with van der Waals surface area (Å²) in [5.41, 5.74) is -0.212. The molecular weight excluding hydrogens is 282 g/mol. The normalized spacial score (nSPS) is 10.8. The molecule has 0 aliphatic heterocycles. The van der Waals surface area contributed by atoms with Crippen LogP contribution in [0.25, 0.3) is 0 Å². The van der Waals surface area contributed by atoms with Crippen LogP contribution in [0, 0.1) is 16.3 Å². The van der Waals surface area contributed by atoms with E-state index >= 15 is 0 Å². The smallest absolute Gasteiger partial charge is 0.251 e. The SMILES string of the molecule is Cc1nc(C(F)F)cc(F)c1I. The number of pyridine rings is 1. The minimum atomic E-state index is -2.71. The zero-order chi connectivity index (χ0) is 9.30. The Bertz CT molecular complexity index is 278. The number of alkyl halides is 2. The fourth-order valence-electron chi connectivity index (χ4n) is 0.753. The van der Waals surface area contributed by atoms with Gasteiger partial charge in [-0.3, -0.25) is 4.98 Å². The lowest BCUT2D eigenvalue weighted by Crippen LogP contribution is -1.98. The van der Waals surface area contributed by atoms with E-state index in [1.807, 2.05) is 0 Å². The highest BCUT2D eigenvalue weighted by Crippen LogP contribution is 2.21. The molecule has 1 rings (SSSR count). The molecule has 1 aromatic rings. The predicted octanol–water partition coefficient (Wildman–Crippen LogP) is 3.07. The second-order valence-corrected chi connectivity index (χ2v) is 3.31. The summed E-state index contributed by atoms with van der Waals surface area (Å²) in [5, 5.41) is 0. The van der Waals surface area contributed by atoms with Crippen molar-refractivity contribution in [2.24, 2.45) is 0 Å². The van der Waals surface area contributed by atoms with E-state index in [0.29, 0.717) is 5.69 Å². The van der Waals surface area contributed by atoms with Gasteiger partial charge in [0, 0.05) is 6.07 Å². The third-order valence-electron chi connectivity index (χ3n) is 1.32. The highest BCUT2D eigenvalue weighted by Gasteiger charge is 2.13. The number of halogens is 4. The first kappa shape index (κ1) is 9.76. The topological polar surface area (TPSA) is 12.9 Å². The van der Waals surface area contributed by atoms with Crippen molar-refractivity contribution in [3.05, 3.63) is 26.8 Å². The Labute approximate surface area is 81.1 Å². The molecule has 0 saturated carbocycles. The standard InChI is InChI=1S/C7H5F3IN/c1-3-6(11)4(8)2-5(12-3)7(9)10/h2,7H,1H3. The molecule has 0 radical (unpaired) electrons. The molecule has 1 heterocycles. The summed E-state index contributed by atoms with van der Waals surface area (Å²) in [6.45, 7) is 1.50. The second-order valence-electron chi connectivity index (χ2n) is 2.23. The van der Waals surface area contributed by atoms with Gasteiger partial charge in [0.25, 0.3) is 6.43 Å². The molecule has 1 nitrogen and oxygen atoms in total. The Kier molecular flexibility index (Phi) is 2.92. The first-order valence-electron chi connectivity index (χ1n) is 3.13. The lowest BCUT2D eigenvalue weighted by molar-refractivity contribution is 0.145. The molecule has 0 unspecified atom stereocenters. The van der Waals surface area contributed by atoms with Crippen molar-refractivity contribution >= 4 is 22.6 Å². The summed E-state index contributed by atoms with van der Waals surface area (Å²) in [7, 11) is 0. The molecule has 0 aliphatic carbocycles. The highest BCUT2D eigenvalue weighted by molar-refractivity contribution is 14.1. The van der Waals surface area contributed by atoms with Crippen LogP contribution in [0.3, 0.4) is 0 Å². The molecule has 66 valence electrons. The van der Waals surface area contributed by atoms with Crippen LogP contribution in [0.4, 0.5) is 13.2 Å². The largest absolute Gasteiger partial charge is 0.280 e. The molecule has 0 aromatic carbocycles. The Balaban J connectivity index is 3.21. The molecule has 0 fully saturated rings. The van der Waals surface area contributed by atoms with Gasteiger partial charge in [-0.05, 0) is 29.5 Å². The van der Waals surface area contributed by atoms with Crippen molar-refractivity contribution in [3.8, 4) is 0 Å². The van der Waals surface area contributed by atoms with Gasteiger partial charge in [0.15, 0.2) is 0 Å². The maximum atomic E-state index is 12.8. The molecule has 5 heteroatoms. The summed E-state index contributed by atoms with van der Waals surface area (Å²) in [5.74, 6) is -0.640. The van der Waals surface area contributed by atoms with Crippen molar-refractivity contribution < 1.29 is 13.2 Å². The molecule has 0 bridgehead atoms. The van der Waals surface area contributed by atoms with E-state index in [-0.39, 0.29) is 3.57 Å². The number of aromatic nitrogens is 1. The molecule has 0 spiro atoms. The fraction of sp³-hybridized carbons (Fsp3) is 0.286. The summed E-state index contributed by atoms with van der Waals surface area (Å²) in [4.78, 5) is 3.54. The van der Waals surface area contributed by atoms with Crippen molar-refractivity contribution in [2.75, 3.05) is 0 Å². The molecule has 0 aliphatic rings. The van der Waals surface area contributed by atoms with Crippen LogP contribution in [-0.4, -0.2) is 4.98 Å². The van der Waals surface area contributed by atoms with Crippen LogP contribution in [0.1, 0.15) is 17.8 Å². The van der Waals surface area contributed by atoms with Crippen LogP contribution in [-0.2, 0) is 0 Å². The number of hydrogen-bond acceptors (Lipinski definition) is 1. The minimum Gasteiger partial charge on any atom is -0.251 e. The van der Waals surface area contributed by atoms with Gasteiger partial charge in [0.1, 0.15) is 11.5 Å². The van der Waals surface area contributed by atoms with Crippen molar-refractivity contribution in [1.82, 2.24) is 4.98 Å². The van der Waals surface area contributed by atoms with Crippen LogP contribution < -0.4 is 0 Å². The van der Waals surface area contributed by atoms with Crippen molar-refractivity contribution in [3.63, 3.8) is 0 Å². The second kappa shape index (κ2) is 3.59. The molecule has 12 heavy (non-hydrogen) atoms. The first-order chi connectivity index (χ1) is 5.52. The first-order valence-corrected chi connectivity index (χ1v) is 4.21. The number of aryl methyl sites for hydroxylation is 1. The van der Waals surface area contributed by atoms with Gasteiger partial charge in [0.2, 0.25) is 0 Å². The average Bonchev–Trinajstić information content (AvgIpc) is 1.99. The monoisotopic (exact) mass is 287 g/mol. The van der Waals surface area contributed by atoms with Gasteiger partial charge in [-0.2, -0.15) is 0 Å². The van der Waals surface area contributed by atoms with E-state index in [1.54, 1.807) is 22.6 Å². The third kappa shape index (κ3) is 1.88. The Morgan fingerprint density at radius 1 is 1.50 bits per heavy atom. The van der Waals surface area contributed by atoms with E-state index in [1.165, 1.54) is 6.92 Å². The van der Waals surface area contributed by atoms with Crippen LogP contribution in [0.15, 0.2) is 6.07 Å². The molecule has 0 amide bonds. The Hall–Kier alpha value is -0.330. The number of hydrogen-bond donors (Lipinski definition) is 0. The average molecular weight is 287 g/mol. The summed E-state index contributed by atoms with van der Waals surface area (Å²) < 4.78 is 37.2. The quantitative estimate of drug-likeness (QED) is 0.723. The van der Waals surface area contributed by atoms with Gasteiger partial charge in [0.05, 0.1) is 9.26 Å². The predicted molar refractivity (Wildman–Crippen MR) is 46.6 cm³/mol. The van der Waals surface area contributed by atoms with Crippen molar-refractivity contribution in [2.45, 2.75) is 13.3 Å². The van der Waals surface area contributed by atoms with Crippen LogP contribution in [0.5, 0.6) is 0 Å². The summed E-state index contributed by atoms with van der Waals surface area (Å²) in [6, 6.07) is 0.763. The van der Waals surface area contributed by atoms with Gasteiger partial charge >= 0.3 is 0 Å². The summed E-state index contributed by atoms with van der Waals surface area (Å²) >= 11 is 1.73. The zero-order valence-corrected chi connectivity index (χ0v) is 8.27. The van der Waals surface area contributed by atoms with E-state index in [9.17, 15) is 13.2 Å². The van der Waals surface area contributed by atoms with Crippen LogP contribution >= 0.6 is 22.6 Å². The Morgan fingerprint density at radius 3 is 2.50 bits per heavy atom. The van der Waals surface area contributed by atoms with Gasteiger partial charge < -0.3 is 0 Å². The molecule has 0 saturated heterocycles. The van der Waals surface area contributed by atoms with Gasteiger partial charge in [-0.15, -0.1) is 0 Å². The van der Waals surface area contributed by atoms with Gasteiger partial charge in [-0.1, -0.05) is 0 Å². The van der Waals surface area contributed by atoms with Gasteiger partial charge in [-0.25, -0.2) is 13.2 Å². The highest BCUT2D eigenvalue weighted by atomic mass is 127. The van der Waals surface area contributed by atoms with Crippen molar-refractivity contribution in [1.29, 1.82) is 0 Å². The Morgan fingerprint density at radius 2 is 2.08 bits per heavy atom. The van der Waals surface area contributed by atoms with E-state index in [2.05, 4.69) is 4.98 Å². The van der Waals surface area contributed by atoms with E-state index in [4.69, 9.17) is 0 Å². The number of nitrogens with zero attached hydrogens (tertiary/aromatic N) is 1. The lowest BCUT2D eigenvalue weighted by atomic mass is 10.3.